The fourth-order valence-corrected chi connectivity index (χ4v) is 4.81. The number of ether oxygens (including phenoxy) is 1. The van der Waals surface area contributed by atoms with Gasteiger partial charge in [-0.3, -0.25) is 0 Å². The first kappa shape index (κ1) is 23.1. The lowest BCUT2D eigenvalue weighted by molar-refractivity contribution is 0.0479. The molecule has 2 heterocycles. The number of hydrogen-bond donors (Lipinski definition) is 3. The Morgan fingerprint density at radius 1 is 1.09 bits per heavy atom. The maximum absolute atomic E-state index is 12.5. The van der Waals surface area contributed by atoms with Gasteiger partial charge >= 0.3 is 12.1 Å². The number of fused-ring (bicyclic) bond motifs is 2. The molecule has 7 heteroatoms. The lowest BCUT2D eigenvalue weighted by Crippen LogP contribution is -2.58. The molecule has 1 fully saturated rings. The molecule has 1 spiro atoms. The summed E-state index contributed by atoms with van der Waals surface area (Å²) >= 11 is 0. The predicted molar refractivity (Wildman–Crippen MR) is 129 cm³/mol. The molecule has 0 bridgehead atoms. The van der Waals surface area contributed by atoms with Gasteiger partial charge in [0.25, 0.3) is 0 Å². The summed E-state index contributed by atoms with van der Waals surface area (Å²) in [7, 11) is 0. The van der Waals surface area contributed by atoms with Crippen LogP contribution < -0.4 is 16.0 Å². The van der Waals surface area contributed by atoms with Crippen molar-refractivity contribution in [1.82, 2.24) is 15.5 Å². The molecule has 2 aromatic carbocycles. The van der Waals surface area contributed by atoms with E-state index in [9.17, 15) is 9.59 Å². The SMILES string of the molecule is CC(C)(C)OC(=O)N[C@@H](Cc1ccccc1)CN1CCC2(CC1)NC(=O)Nc1ccccc12. The lowest BCUT2D eigenvalue weighted by Gasteiger charge is -2.46. The van der Waals surface area contributed by atoms with Crippen LogP contribution in [0.3, 0.4) is 0 Å². The van der Waals surface area contributed by atoms with Gasteiger partial charge in [0.15, 0.2) is 0 Å². The molecule has 1 atom stereocenters. The third-order valence-electron chi connectivity index (χ3n) is 6.28. The van der Waals surface area contributed by atoms with Gasteiger partial charge in [-0.05, 0) is 51.7 Å². The van der Waals surface area contributed by atoms with Crippen molar-refractivity contribution in [3.8, 4) is 0 Å². The van der Waals surface area contributed by atoms with Gasteiger partial charge in [-0.2, -0.15) is 0 Å². The Balaban J connectivity index is 1.43. The highest BCUT2D eigenvalue weighted by Gasteiger charge is 2.42. The molecule has 3 amide bonds. The van der Waals surface area contributed by atoms with Crippen molar-refractivity contribution in [3.05, 3.63) is 65.7 Å². The molecule has 3 N–H and O–H groups in total. The first-order valence-electron chi connectivity index (χ1n) is 11.7. The fraction of sp³-hybridized carbons (Fsp3) is 0.462. The van der Waals surface area contributed by atoms with Crippen molar-refractivity contribution < 1.29 is 14.3 Å². The smallest absolute Gasteiger partial charge is 0.407 e. The number of likely N-dealkylation sites (tertiary alicyclic amines) is 1. The van der Waals surface area contributed by atoms with E-state index < -0.39 is 11.7 Å². The van der Waals surface area contributed by atoms with Gasteiger partial charge < -0.3 is 25.6 Å². The van der Waals surface area contributed by atoms with Crippen LogP contribution in [-0.4, -0.2) is 48.3 Å². The Hall–Kier alpha value is -3.06. The van der Waals surface area contributed by atoms with Gasteiger partial charge in [-0.15, -0.1) is 0 Å². The van der Waals surface area contributed by atoms with Crippen molar-refractivity contribution in [3.63, 3.8) is 0 Å². The molecule has 176 valence electrons. The minimum Gasteiger partial charge on any atom is -0.444 e. The Labute approximate surface area is 195 Å². The maximum Gasteiger partial charge on any atom is 0.407 e. The minimum atomic E-state index is -0.542. The number of nitrogens with one attached hydrogen (secondary N) is 3. The first-order chi connectivity index (χ1) is 15.7. The molecule has 0 unspecified atom stereocenters. The average Bonchev–Trinajstić information content (AvgIpc) is 2.75. The lowest BCUT2D eigenvalue weighted by atomic mass is 9.79. The number of nitrogens with zero attached hydrogens (tertiary/aromatic N) is 1. The van der Waals surface area contributed by atoms with Crippen LogP contribution in [-0.2, 0) is 16.7 Å². The third-order valence-corrected chi connectivity index (χ3v) is 6.28. The van der Waals surface area contributed by atoms with Gasteiger partial charge in [0.1, 0.15) is 5.60 Å². The van der Waals surface area contributed by atoms with E-state index in [1.54, 1.807) is 0 Å². The topological polar surface area (TPSA) is 82.7 Å². The second-order valence-corrected chi connectivity index (χ2v) is 10.0. The van der Waals surface area contributed by atoms with E-state index in [2.05, 4.69) is 39.0 Å². The van der Waals surface area contributed by atoms with E-state index >= 15 is 0 Å². The molecule has 33 heavy (non-hydrogen) atoms. The molecule has 0 aliphatic carbocycles. The number of para-hydroxylation sites is 1. The molecule has 2 aliphatic heterocycles. The van der Waals surface area contributed by atoms with Gasteiger partial charge in [-0.1, -0.05) is 48.5 Å². The number of carbonyl (C=O) groups is 2. The number of alkyl carbamates (subject to hydrolysis) is 1. The Morgan fingerprint density at radius 3 is 2.45 bits per heavy atom. The van der Waals surface area contributed by atoms with Crippen LogP contribution in [0.25, 0.3) is 0 Å². The molecule has 2 aromatic rings. The minimum absolute atomic E-state index is 0.0776. The molecule has 7 nitrogen and oxygen atoms in total. The molecule has 0 aromatic heterocycles. The quantitative estimate of drug-likeness (QED) is 0.636. The number of amides is 3. The summed E-state index contributed by atoms with van der Waals surface area (Å²) in [5, 5.41) is 9.19. The summed E-state index contributed by atoms with van der Waals surface area (Å²) in [4.78, 5) is 27.2. The standard InChI is InChI=1S/C26H34N4O3/c1-25(2,3)33-24(32)27-20(17-19-9-5-4-6-10-19)18-30-15-13-26(14-16-30)21-11-7-8-12-22(21)28-23(31)29-26/h4-12,20H,13-18H2,1-3H3,(H,27,32)(H2,28,29,31)/t20-/m0/s1. The van der Waals surface area contributed by atoms with Gasteiger partial charge in [-0.25, -0.2) is 9.59 Å². The number of carbonyl (C=O) groups excluding carboxylic acids is 2. The number of hydrogen-bond acceptors (Lipinski definition) is 4. The van der Waals surface area contributed by atoms with Crippen molar-refractivity contribution in [2.24, 2.45) is 0 Å². The largest absolute Gasteiger partial charge is 0.444 e. The van der Waals surface area contributed by atoms with Gasteiger partial charge in [0.2, 0.25) is 0 Å². The summed E-state index contributed by atoms with van der Waals surface area (Å²) in [6, 6.07) is 18.0. The number of piperidine rings is 1. The molecule has 1 saturated heterocycles. The zero-order valence-corrected chi connectivity index (χ0v) is 19.7. The van der Waals surface area contributed by atoms with E-state index in [0.29, 0.717) is 0 Å². The number of benzene rings is 2. The first-order valence-corrected chi connectivity index (χ1v) is 11.7. The van der Waals surface area contributed by atoms with Crippen LogP contribution >= 0.6 is 0 Å². The van der Waals surface area contributed by atoms with Crippen molar-refractivity contribution in [2.75, 3.05) is 25.0 Å². The summed E-state index contributed by atoms with van der Waals surface area (Å²) < 4.78 is 5.51. The molecular weight excluding hydrogens is 416 g/mol. The van der Waals surface area contributed by atoms with E-state index in [-0.39, 0.29) is 17.6 Å². The van der Waals surface area contributed by atoms with Crippen molar-refractivity contribution >= 4 is 17.8 Å². The maximum atomic E-state index is 12.5. The van der Waals surface area contributed by atoms with Crippen molar-refractivity contribution in [1.29, 1.82) is 0 Å². The summed E-state index contributed by atoms with van der Waals surface area (Å²) in [5.41, 5.74) is 2.33. The Morgan fingerprint density at radius 2 is 1.76 bits per heavy atom. The molecule has 4 rings (SSSR count). The number of urea groups is 1. The monoisotopic (exact) mass is 450 g/mol. The summed E-state index contributed by atoms with van der Waals surface area (Å²) in [6.45, 7) is 7.99. The van der Waals surface area contributed by atoms with Crippen LogP contribution in [0.4, 0.5) is 15.3 Å². The molecule has 0 radical (unpaired) electrons. The Kier molecular flexibility index (Phi) is 6.61. The number of anilines is 1. The van der Waals surface area contributed by atoms with Gasteiger partial charge in [0.05, 0.1) is 5.54 Å². The third kappa shape index (κ3) is 5.85. The number of rotatable bonds is 5. The highest BCUT2D eigenvalue weighted by Crippen LogP contribution is 2.39. The van der Waals surface area contributed by atoms with Crippen LogP contribution in [0.1, 0.15) is 44.7 Å². The van der Waals surface area contributed by atoms with Crippen LogP contribution in [0.15, 0.2) is 54.6 Å². The van der Waals surface area contributed by atoms with E-state index in [0.717, 1.165) is 50.1 Å². The van der Waals surface area contributed by atoms with Crippen LogP contribution in [0, 0.1) is 0 Å². The predicted octanol–water partition coefficient (Wildman–Crippen LogP) is 4.25. The van der Waals surface area contributed by atoms with Crippen LogP contribution in [0.5, 0.6) is 0 Å². The van der Waals surface area contributed by atoms with E-state index in [1.807, 2.05) is 57.2 Å². The second kappa shape index (κ2) is 9.43. The van der Waals surface area contributed by atoms with Gasteiger partial charge in [0, 0.05) is 36.9 Å². The second-order valence-electron chi connectivity index (χ2n) is 10.0. The fourth-order valence-electron chi connectivity index (χ4n) is 4.81. The molecule has 0 saturated carbocycles. The average molecular weight is 451 g/mol. The summed E-state index contributed by atoms with van der Waals surface area (Å²) in [6.07, 6.45) is 1.98. The summed E-state index contributed by atoms with van der Waals surface area (Å²) in [5.74, 6) is 0. The van der Waals surface area contributed by atoms with E-state index in [1.165, 1.54) is 5.56 Å². The zero-order valence-electron chi connectivity index (χ0n) is 19.7. The normalized spacial score (nSPS) is 18.6. The van der Waals surface area contributed by atoms with E-state index in [4.69, 9.17) is 4.74 Å². The highest BCUT2D eigenvalue weighted by molar-refractivity contribution is 5.93. The molecule has 2 aliphatic rings. The van der Waals surface area contributed by atoms with Crippen LogP contribution in [0.2, 0.25) is 0 Å². The Bertz CT molecular complexity index is 979. The van der Waals surface area contributed by atoms with Crippen molar-refractivity contribution in [2.45, 2.75) is 57.2 Å². The highest BCUT2D eigenvalue weighted by atomic mass is 16.6. The zero-order chi connectivity index (χ0) is 23.5. The molecular formula is C26H34N4O3.